The number of carbonyl (C=O) groups excluding carboxylic acids is 1. The van der Waals surface area contributed by atoms with Gasteiger partial charge in [0.15, 0.2) is 5.78 Å². The molecule has 0 saturated carbocycles. The Balaban J connectivity index is 2.95. The van der Waals surface area contributed by atoms with Crippen LogP contribution in [0.15, 0.2) is 0 Å². The third-order valence-corrected chi connectivity index (χ3v) is 1.72. The van der Waals surface area contributed by atoms with Gasteiger partial charge in [0.1, 0.15) is 6.54 Å². The molecule has 60 valence electrons. The van der Waals surface area contributed by atoms with Crippen molar-refractivity contribution >= 4 is 22.3 Å². The zero-order valence-corrected chi connectivity index (χ0v) is 6.81. The number of rotatable bonds is 2. The van der Waals surface area contributed by atoms with Crippen LogP contribution >= 0.6 is 11.3 Å². The van der Waals surface area contributed by atoms with Crippen molar-refractivity contribution in [2.45, 2.75) is 13.5 Å². The quantitative estimate of drug-likeness (QED) is 0.636. The summed E-state index contributed by atoms with van der Waals surface area (Å²) >= 11 is 1.06. The molecule has 0 saturated heterocycles. The average Bonchev–Trinajstić information content (AvgIpc) is 2.09. The summed E-state index contributed by atoms with van der Waals surface area (Å²) in [6, 6.07) is 0. The van der Waals surface area contributed by atoms with E-state index in [0.717, 1.165) is 11.3 Å². The first kappa shape index (κ1) is 7.93. The number of nitrogens with two attached hydrogens (primary N) is 1. The van der Waals surface area contributed by atoms with Gasteiger partial charge in [-0.15, -0.1) is 5.10 Å². The second kappa shape index (κ2) is 2.83. The van der Waals surface area contributed by atoms with Gasteiger partial charge in [-0.3, -0.25) is 10.2 Å². The average molecular weight is 172 g/mol. The van der Waals surface area contributed by atoms with E-state index in [2.05, 4.69) is 5.10 Å². The molecule has 0 unspecified atom stereocenters. The minimum atomic E-state index is -0.0335. The molecule has 5 nitrogen and oxygen atoms in total. The zero-order valence-electron chi connectivity index (χ0n) is 6.00. The first-order valence-electron chi connectivity index (χ1n) is 2.97. The van der Waals surface area contributed by atoms with E-state index in [9.17, 15) is 4.79 Å². The Morgan fingerprint density at radius 2 is 2.55 bits per heavy atom. The van der Waals surface area contributed by atoms with Crippen molar-refractivity contribution in [1.29, 1.82) is 5.41 Å². The van der Waals surface area contributed by atoms with E-state index in [0.29, 0.717) is 5.13 Å². The van der Waals surface area contributed by atoms with E-state index < -0.39 is 0 Å². The minimum absolute atomic E-state index is 0.0335. The number of aromatic nitrogens is 2. The molecular formula is C5H8N4OS. The molecule has 3 N–H and O–H groups in total. The van der Waals surface area contributed by atoms with Crippen LogP contribution in [0.25, 0.3) is 0 Å². The summed E-state index contributed by atoms with van der Waals surface area (Å²) in [5.74, 6) is -0.0335. The Morgan fingerprint density at radius 3 is 2.91 bits per heavy atom. The predicted molar refractivity (Wildman–Crippen MR) is 41.1 cm³/mol. The number of ketones is 1. The fourth-order valence-corrected chi connectivity index (χ4v) is 1.20. The van der Waals surface area contributed by atoms with Crippen LogP contribution in [0.3, 0.4) is 0 Å². The predicted octanol–water partition coefficient (Wildman–Crippen LogP) is -0.405. The molecule has 1 aromatic rings. The molecule has 1 aromatic heterocycles. The summed E-state index contributed by atoms with van der Waals surface area (Å²) in [7, 11) is 0. The number of hydrogen-bond donors (Lipinski definition) is 2. The highest BCUT2D eigenvalue weighted by Gasteiger charge is 2.01. The number of Topliss-reactive ketones (excluding diaryl/α,β-unsaturated/α-hetero) is 1. The molecule has 0 aliphatic rings. The van der Waals surface area contributed by atoms with Gasteiger partial charge >= 0.3 is 0 Å². The Bertz CT molecular complexity index is 325. The maximum Gasteiger partial charge on any atom is 0.202 e. The van der Waals surface area contributed by atoms with Crippen LogP contribution in [0.4, 0.5) is 5.13 Å². The molecule has 6 heteroatoms. The highest BCUT2D eigenvalue weighted by Crippen LogP contribution is 1.97. The number of nitrogens with zero attached hydrogens (tertiary/aromatic N) is 2. The molecule has 1 heterocycles. The second-order valence-electron chi connectivity index (χ2n) is 2.11. The van der Waals surface area contributed by atoms with Gasteiger partial charge in [-0.25, -0.2) is 4.68 Å². The van der Waals surface area contributed by atoms with Crippen LogP contribution in [-0.2, 0) is 11.3 Å². The monoisotopic (exact) mass is 172 g/mol. The van der Waals surface area contributed by atoms with E-state index in [1.807, 2.05) is 0 Å². The first-order chi connectivity index (χ1) is 5.09. The molecule has 0 atom stereocenters. The largest absolute Gasteiger partial charge is 0.374 e. The topological polar surface area (TPSA) is 84.8 Å². The number of hydrogen-bond acceptors (Lipinski definition) is 5. The number of nitrogen functional groups attached to an aromatic ring is 1. The van der Waals surface area contributed by atoms with Gasteiger partial charge in [0.2, 0.25) is 9.93 Å². The summed E-state index contributed by atoms with van der Waals surface area (Å²) in [5.41, 5.74) is 5.31. The summed E-state index contributed by atoms with van der Waals surface area (Å²) in [4.78, 5) is 10.8. The van der Waals surface area contributed by atoms with Crippen LogP contribution < -0.4 is 10.5 Å². The molecule has 0 radical (unpaired) electrons. The van der Waals surface area contributed by atoms with Crippen LogP contribution in [0.2, 0.25) is 0 Å². The Hall–Kier alpha value is -1.17. The van der Waals surface area contributed by atoms with E-state index in [1.165, 1.54) is 11.6 Å². The van der Waals surface area contributed by atoms with E-state index in [4.69, 9.17) is 11.1 Å². The van der Waals surface area contributed by atoms with Crippen molar-refractivity contribution in [1.82, 2.24) is 9.78 Å². The Labute approximate surface area is 67.0 Å². The van der Waals surface area contributed by atoms with Crippen molar-refractivity contribution in [2.75, 3.05) is 5.73 Å². The van der Waals surface area contributed by atoms with Crippen LogP contribution in [0.1, 0.15) is 6.92 Å². The third-order valence-electron chi connectivity index (χ3n) is 1.03. The van der Waals surface area contributed by atoms with Crippen molar-refractivity contribution < 1.29 is 4.79 Å². The van der Waals surface area contributed by atoms with Gasteiger partial charge in [-0.1, -0.05) is 11.3 Å². The molecule has 0 spiro atoms. The number of carbonyl (C=O) groups is 1. The molecular weight excluding hydrogens is 164 g/mol. The molecule has 0 fully saturated rings. The normalized spacial score (nSPS) is 9.91. The zero-order chi connectivity index (χ0) is 8.43. The minimum Gasteiger partial charge on any atom is -0.374 e. The fourth-order valence-electron chi connectivity index (χ4n) is 0.655. The fraction of sp³-hybridized carbons (Fsp3) is 0.400. The van der Waals surface area contributed by atoms with E-state index in [-0.39, 0.29) is 17.1 Å². The standard InChI is InChI=1S/C5H8N4OS/c1-3(10)2-9-5(7)11-4(6)8-9/h7H,2H2,1H3,(H2,6,8). The Kier molecular flexibility index (Phi) is 2.04. The molecule has 11 heavy (non-hydrogen) atoms. The highest BCUT2D eigenvalue weighted by molar-refractivity contribution is 7.12. The summed E-state index contributed by atoms with van der Waals surface area (Å²) in [6.07, 6.45) is 0. The van der Waals surface area contributed by atoms with Gasteiger partial charge in [0.05, 0.1) is 0 Å². The summed E-state index contributed by atoms with van der Waals surface area (Å²) < 4.78 is 1.28. The lowest BCUT2D eigenvalue weighted by Crippen LogP contribution is -2.19. The van der Waals surface area contributed by atoms with Gasteiger partial charge in [-0.05, 0) is 6.92 Å². The molecule has 0 aliphatic heterocycles. The maximum absolute atomic E-state index is 10.6. The van der Waals surface area contributed by atoms with Crippen molar-refractivity contribution in [2.24, 2.45) is 0 Å². The maximum atomic E-state index is 10.6. The number of nitrogens with one attached hydrogen (secondary N) is 1. The molecule has 0 bridgehead atoms. The van der Waals surface area contributed by atoms with Gasteiger partial charge in [-0.2, -0.15) is 0 Å². The summed E-state index contributed by atoms with van der Waals surface area (Å²) in [6.45, 7) is 1.58. The SMILES string of the molecule is CC(=O)Cn1nc(N)sc1=N. The number of anilines is 1. The van der Waals surface area contributed by atoms with E-state index >= 15 is 0 Å². The van der Waals surface area contributed by atoms with Gasteiger partial charge < -0.3 is 5.73 Å². The molecule has 0 aliphatic carbocycles. The van der Waals surface area contributed by atoms with Crippen LogP contribution in [0.5, 0.6) is 0 Å². The van der Waals surface area contributed by atoms with Crippen LogP contribution in [0, 0.1) is 5.41 Å². The van der Waals surface area contributed by atoms with Crippen molar-refractivity contribution in [3.05, 3.63) is 4.80 Å². The van der Waals surface area contributed by atoms with Crippen molar-refractivity contribution in [3.8, 4) is 0 Å². The lowest BCUT2D eigenvalue weighted by molar-refractivity contribution is -0.117. The smallest absolute Gasteiger partial charge is 0.202 e. The highest BCUT2D eigenvalue weighted by atomic mass is 32.1. The Morgan fingerprint density at radius 1 is 1.91 bits per heavy atom. The lowest BCUT2D eigenvalue weighted by atomic mass is 10.5. The second-order valence-corrected chi connectivity index (χ2v) is 3.11. The molecule has 1 rings (SSSR count). The molecule has 0 amide bonds. The van der Waals surface area contributed by atoms with Gasteiger partial charge in [0, 0.05) is 0 Å². The summed E-state index contributed by atoms with van der Waals surface area (Å²) in [5, 5.41) is 11.3. The van der Waals surface area contributed by atoms with Crippen LogP contribution in [-0.4, -0.2) is 15.6 Å². The van der Waals surface area contributed by atoms with Gasteiger partial charge in [0.25, 0.3) is 0 Å². The molecule has 0 aromatic carbocycles. The van der Waals surface area contributed by atoms with E-state index in [1.54, 1.807) is 0 Å². The lowest BCUT2D eigenvalue weighted by Gasteiger charge is -1.92. The first-order valence-corrected chi connectivity index (χ1v) is 3.78. The van der Waals surface area contributed by atoms with Crippen molar-refractivity contribution in [3.63, 3.8) is 0 Å². The third kappa shape index (κ3) is 1.87.